The van der Waals surface area contributed by atoms with Crippen LogP contribution in [-0.2, 0) is 10.8 Å². The first-order chi connectivity index (χ1) is 8.00. The summed E-state index contributed by atoms with van der Waals surface area (Å²) in [6, 6.07) is 4.82. The zero-order valence-corrected chi connectivity index (χ0v) is 10.8. The Bertz CT molecular complexity index is 432. The number of carbonyl (C=O) groups is 1. The van der Waals surface area contributed by atoms with Gasteiger partial charge in [-0.05, 0) is 31.0 Å². The van der Waals surface area contributed by atoms with E-state index in [-0.39, 0.29) is 11.7 Å². The van der Waals surface area contributed by atoms with Gasteiger partial charge < -0.3 is 10.4 Å². The zero-order valence-electron chi connectivity index (χ0n) is 10.0. The average Bonchev–Trinajstić information content (AvgIpc) is 2.27. The molecule has 0 saturated carbocycles. The van der Waals surface area contributed by atoms with Gasteiger partial charge >= 0.3 is 0 Å². The Balaban J connectivity index is 2.47. The molecule has 1 aromatic carbocycles. The summed E-state index contributed by atoms with van der Waals surface area (Å²) in [5, 5.41) is 12.2. The highest BCUT2D eigenvalue weighted by molar-refractivity contribution is 7.84. The van der Waals surface area contributed by atoms with Crippen molar-refractivity contribution in [2.24, 2.45) is 0 Å². The molecule has 0 fully saturated rings. The molecule has 0 bridgehead atoms. The monoisotopic (exact) mass is 255 g/mol. The number of aryl methyl sites for hydroxylation is 1. The molecule has 17 heavy (non-hydrogen) atoms. The van der Waals surface area contributed by atoms with E-state index < -0.39 is 10.8 Å². The quantitative estimate of drug-likeness (QED) is 0.777. The van der Waals surface area contributed by atoms with Crippen LogP contribution in [0.15, 0.2) is 18.2 Å². The second-order valence-corrected chi connectivity index (χ2v) is 5.44. The predicted octanol–water partition coefficient (Wildman–Crippen LogP) is 1.20. The van der Waals surface area contributed by atoms with E-state index in [1.165, 1.54) is 6.07 Å². The summed E-state index contributed by atoms with van der Waals surface area (Å²) in [5.74, 6) is 0.480. The molecule has 0 aliphatic rings. The fraction of sp³-hybridized carbons (Fsp3) is 0.417. The van der Waals surface area contributed by atoms with Gasteiger partial charge in [0.2, 0.25) is 0 Å². The van der Waals surface area contributed by atoms with E-state index in [4.69, 9.17) is 0 Å². The molecule has 0 heterocycles. The van der Waals surface area contributed by atoms with Crippen molar-refractivity contribution in [3.05, 3.63) is 29.3 Å². The Morgan fingerprint density at radius 3 is 2.76 bits per heavy atom. The van der Waals surface area contributed by atoms with Crippen molar-refractivity contribution >= 4 is 16.7 Å². The zero-order chi connectivity index (χ0) is 12.8. The number of phenolic OH excluding ortho intramolecular Hbond substituents is 1. The maximum Gasteiger partial charge on any atom is 0.251 e. The van der Waals surface area contributed by atoms with Crippen LogP contribution in [0.2, 0.25) is 0 Å². The number of nitrogens with one attached hydrogen (secondary N) is 1. The van der Waals surface area contributed by atoms with Crippen LogP contribution < -0.4 is 5.32 Å². The van der Waals surface area contributed by atoms with Gasteiger partial charge in [0, 0.05) is 34.9 Å². The smallest absolute Gasteiger partial charge is 0.251 e. The molecule has 1 aromatic rings. The molecule has 0 radical (unpaired) electrons. The molecular formula is C12H17NO3S. The van der Waals surface area contributed by atoms with Gasteiger partial charge in [0.25, 0.3) is 5.91 Å². The van der Waals surface area contributed by atoms with Gasteiger partial charge in [0.05, 0.1) is 0 Å². The van der Waals surface area contributed by atoms with Crippen LogP contribution in [-0.4, -0.2) is 33.8 Å². The second kappa shape index (κ2) is 6.39. The standard InChI is InChI=1S/C12H17NO3S/c1-9-4-5-10(8-11(9)14)12(15)13-6-3-7-17(2)16/h4-5,8,14H,3,6-7H2,1-2H3,(H,13,15). The average molecular weight is 255 g/mol. The third-order valence-electron chi connectivity index (χ3n) is 2.37. The molecule has 1 amide bonds. The van der Waals surface area contributed by atoms with Crippen LogP contribution in [0.3, 0.4) is 0 Å². The summed E-state index contributed by atoms with van der Waals surface area (Å²) in [6.45, 7) is 2.26. The summed E-state index contributed by atoms with van der Waals surface area (Å²) in [5.41, 5.74) is 1.17. The van der Waals surface area contributed by atoms with E-state index in [0.29, 0.717) is 24.3 Å². The van der Waals surface area contributed by atoms with Crippen molar-refractivity contribution in [3.63, 3.8) is 0 Å². The summed E-state index contributed by atoms with van der Waals surface area (Å²) in [4.78, 5) is 11.7. The van der Waals surface area contributed by atoms with Crippen LogP contribution >= 0.6 is 0 Å². The molecular weight excluding hydrogens is 238 g/mol. The number of carbonyl (C=O) groups excluding carboxylic acids is 1. The number of phenols is 1. The Hall–Kier alpha value is -1.36. The van der Waals surface area contributed by atoms with Gasteiger partial charge in [0.1, 0.15) is 5.75 Å². The van der Waals surface area contributed by atoms with Crippen molar-refractivity contribution in [2.75, 3.05) is 18.6 Å². The highest BCUT2D eigenvalue weighted by Gasteiger charge is 2.06. The van der Waals surface area contributed by atoms with Gasteiger partial charge in [-0.2, -0.15) is 0 Å². The lowest BCUT2D eigenvalue weighted by molar-refractivity contribution is 0.0953. The van der Waals surface area contributed by atoms with Crippen LogP contribution in [0.5, 0.6) is 5.75 Å². The van der Waals surface area contributed by atoms with Gasteiger partial charge in [-0.3, -0.25) is 9.00 Å². The molecule has 0 saturated heterocycles. The fourth-order valence-electron chi connectivity index (χ4n) is 1.33. The first-order valence-corrected chi connectivity index (χ1v) is 7.11. The highest BCUT2D eigenvalue weighted by Crippen LogP contribution is 2.17. The first kappa shape index (κ1) is 13.7. The number of hydrogen-bond acceptors (Lipinski definition) is 3. The fourth-order valence-corrected chi connectivity index (χ4v) is 1.88. The molecule has 0 aromatic heterocycles. The minimum absolute atomic E-state index is 0.118. The molecule has 0 aliphatic carbocycles. The lowest BCUT2D eigenvalue weighted by Gasteiger charge is -2.06. The number of benzene rings is 1. The Labute approximate surface area is 104 Å². The minimum atomic E-state index is -0.823. The summed E-state index contributed by atoms with van der Waals surface area (Å²) in [6.07, 6.45) is 2.33. The van der Waals surface area contributed by atoms with Gasteiger partial charge in [-0.25, -0.2) is 0 Å². The Kier molecular flexibility index (Phi) is 5.15. The number of hydrogen-bond donors (Lipinski definition) is 2. The summed E-state index contributed by atoms with van der Waals surface area (Å²) < 4.78 is 10.8. The minimum Gasteiger partial charge on any atom is -0.508 e. The number of rotatable bonds is 5. The maximum absolute atomic E-state index is 11.7. The third-order valence-corrected chi connectivity index (χ3v) is 3.23. The van der Waals surface area contributed by atoms with Gasteiger partial charge in [-0.15, -0.1) is 0 Å². The molecule has 0 aliphatic heterocycles. The van der Waals surface area contributed by atoms with Gasteiger partial charge in [-0.1, -0.05) is 6.07 Å². The van der Waals surface area contributed by atoms with E-state index in [1.807, 2.05) is 0 Å². The number of amides is 1. The van der Waals surface area contributed by atoms with Crippen LogP contribution in [0.4, 0.5) is 0 Å². The van der Waals surface area contributed by atoms with Crippen molar-refractivity contribution in [3.8, 4) is 5.75 Å². The SMILES string of the molecule is Cc1ccc(C(=O)NCCCS(C)=O)cc1O. The normalized spacial score (nSPS) is 12.1. The second-order valence-electron chi connectivity index (χ2n) is 3.89. The van der Waals surface area contributed by atoms with Crippen LogP contribution in [0, 0.1) is 6.92 Å². The van der Waals surface area contributed by atoms with Crippen molar-refractivity contribution < 1.29 is 14.1 Å². The largest absolute Gasteiger partial charge is 0.508 e. The van der Waals surface area contributed by atoms with Crippen molar-refractivity contribution in [2.45, 2.75) is 13.3 Å². The number of aromatic hydroxyl groups is 1. The van der Waals surface area contributed by atoms with Crippen LogP contribution in [0.25, 0.3) is 0 Å². The van der Waals surface area contributed by atoms with E-state index in [9.17, 15) is 14.1 Å². The lowest BCUT2D eigenvalue weighted by Crippen LogP contribution is -2.25. The van der Waals surface area contributed by atoms with Crippen LogP contribution in [0.1, 0.15) is 22.3 Å². The topological polar surface area (TPSA) is 66.4 Å². The van der Waals surface area contributed by atoms with E-state index in [1.54, 1.807) is 25.3 Å². The lowest BCUT2D eigenvalue weighted by atomic mass is 10.1. The van der Waals surface area contributed by atoms with E-state index >= 15 is 0 Å². The van der Waals surface area contributed by atoms with Gasteiger partial charge in [0.15, 0.2) is 0 Å². The maximum atomic E-state index is 11.7. The molecule has 1 unspecified atom stereocenters. The molecule has 2 N–H and O–H groups in total. The summed E-state index contributed by atoms with van der Waals surface area (Å²) in [7, 11) is -0.823. The molecule has 0 spiro atoms. The molecule has 94 valence electrons. The third kappa shape index (κ3) is 4.56. The molecule has 5 heteroatoms. The molecule has 1 rings (SSSR count). The predicted molar refractivity (Wildman–Crippen MR) is 68.7 cm³/mol. The van der Waals surface area contributed by atoms with Crippen molar-refractivity contribution in [1.29, 1.82) is 0 Å². The van der Waals surface area contributed by atoms with E-state index in [2.05, 4.69) is 5.32 Å². The van der Waals surface area contributed by atoms with Crippen molar-refractivity contribution in [1.82, 2.24) is 5.32 Å². The summed E-state index contributed by atoms with van der Waals surface area (Å²) >= 11 is 0. The Morgan fingerprint density at radius 2 is 2.18 bits per heavy atom. The first-order valence-electron chi connectivity index (χ1n) is 5.38. The Morgan fingerprint density at radius 1 is 1.47 bits per heavy atom. The van der Waals surface area contributed by atoms with E-state index in [0.717, 1.165) is 5.56 Å². The molecule has 4 nitrogen and oxygen atoms in total. The molecule has 1 atom stereocenters. The highest BCUT2D eigenvalue weighted by atomic mass is 32.2.